The zero-order chi connectivity index (χ0) is 19.2. The first-order chi connectivity index (χ1) is 13.1. The Balaban J connectivity index is 1.61. The van der Waals surface area contributed by atoms with Gasteiger partial charge in [-0.25, -0.2) is 4.79 Å². The Morgan fingerprint density at radius 1 is 1.19 bits per heavy atom. The minimum absolute atomic E-state index is 0.134. The minimum atomic E-state index is -0.541. The molecule has 1 heterocycles. The number of nitrogens with one attached hydrogen (secondary N) is 2. The second kappa shape index (κ2) is 8.99. The van der Waals surface area contributed by atoms with Crippen molar-refractivity contribution in [2.45, 2.75) is 38.1 Å². The van der Waals surface area contributed by atoms with Crippen molar-refractivity contribution in [2.75, 3.05) is 32.1 Å². The molecule has 0 spiro atoms. The van der Waals surface area contributed by atoms with Crippen LogP contribution in [0.15, 0.2) is 24.3 Å². The fraction of sp³-hybridized carbons (Fsp3) is 0.550. The molecular formula is C20H27N3O4. The molecule has 2 fully saturated rings. The molecule has 0 bridgehead atoms. The molecule has 146 valence electrons. The molecule has 1 aromatic rings. The number of ether oxygens (including phenoxy) is 1. The van der Waals surface area contributed by atoms with E-state index in [9.17, 15) is 14.4 Å². The molecule has 7 heteroatoms. The van der Waals surface area contributed by atoms with Gasteiger partial charge in [0.25, 0.3) is 5.91 Å². The van der Waals surface area contributed by atoms with Crippen molar-refractivity contribution in [2.24, 2.45) is 5.92 Å². The van der Waals surface area contributed by atoms with E-state index in [1.165, 1.54) is 20.0 Å². The zero-order valence-corrected chi connectivity index (χ0v) is 15.7. The van der Waals surface area contributed by atoms with Gasteiger partial charge in [0.05, 0.1) is 13.7 Å². The van der Waals surface area contributed by atoms with Crippen LogP contribution in [0, 0.1) is 5.92 Å². The average Bonchev–Trinajstić information content (AvgIpc) is 3.51. The maximum absolute atomic E-state index is 12.9. The second-order valence-corrected chi connectivity index (χ2v) is 7.24. The second-order valence-electron chi connectivity index (χ2n) is 7.24. The van der Waals surface area contributed by atoms with Gasteiger partial charge in [0.2, 0.25) is 5.91 Å². The molecule has 3 rings (SSSR count). The van der Waals surface area contributed by atoms with Crippen LogP contribution in [0.3, 0.4) is 0 Å². The smallest absolute Gasteiger partial charge is 0.328 e. The van der Waals surface area contributed by atoms with Gasteiger partial charge in [-0.05, 0) is 62.8 Å². The standard InChI is InChI=1S/C20H27N3O4/c1-27-20(26)17-7-2-3-10-23(17)19(25)15-5-4-6-16(11-15)22-18(24)13-21-12-14-8-9-14/h4-6,11,14,17,21H,2-3,7-10,12-13H2,1H3,(H,22,24). The van der Waals surface area contributed by atoms with Gasteiger partial charge in [-0.1, -0.05) is 6.07 Å². The number of benzene rings is 1. The molecule has 1 saturated heterocycles. The molecule has 27 heavy (non-hydrogen) atoms. The predicted octanol–water partition coefficient (Wildman–Crippen LogP) is 1.79. The number of likely N-dealkylation sites (tertiary alicyclic amines) is 1. The number of piperidine rings is 1. The number of amides is 2. The van der Waals surface area contributed by atoms with Crippen molar-refractivity contribution in [3.05, 3.63) is 29.8 Å². The highest BCUT2D eigenvalue weighted by atomic mass is 16.5. The lowest BCUT2D eigenvalue weighted by atomic mass is 10.0. The Bertz CT molecular complexity index is 702. The lowest BCUT2D eigenvalue weighted by Gasteiger charge is -2.33. The van der Waals surface area contributed by atoms with Crippen molar-refractivity contribution in [3.8, 4) is 0 Å². The third kappa shape index (κ3) is 5.29. The van der Waals surface area contributed by atoms with Gasteiger partial charge in [-0.15, -0.1) is 0 Å². The van der Waals surface area contributed by atoms with Crippen LogP contribution in [0.4, 0.5) is 5.69 Å². The molecule has 1 saturated carbocycles. The van der Waals surface area contributed by atoms with Crippen LogP contribution in [-0.2, 0) is 14.3 Å². The van der Waals surface area contributed by atoms with Crippen molar-refractivity contribution in [3.63, 3.8) is 0 Å². The third-order valence-electron chi connectivity index (χ3n) is 5.05. The van der Waals surface area contributed by atoms with E-state index < -0.39 is 6.04 Å². The van der Waals surface area contributed by atoms with Crippen molar-refractivity contribution in [1.29, 1.82) is 0 Å². The van der Waals surface area contributed by atoms with E-state index in [1.54, 1.807) is 29.2 Å². The number of carbonyl (C=O) groups excluding carboxylic acids is 3. The normalized spacial score (nSPS) is 19.4. The Morgan fingerprint density at radius 3 is 2.74 bits per heavy atom. The Labute approximate surface area is 159 Å². The summed E-state index contributed by atoms with van der Waals surface area (Å²) in [5, 5.41) is 5.96. The highest BCUT2D eigenvalue weighted by Crippen LogP contribution is 2.27. The Kier molecular flexibility index (Phi) is 6.45. The van der Waals surface area contributed by atoms with E-state index in [1.807, 2.05) is 0 Å². The van der Waals surface area contributed by atoms with Crippen LogP contribution in [0.25, 0.3) is 0 Å². The summed E-state index contributed by atoms with van der Waals surface area (Å²) in [4.78, 5) is 38.5. The van der Waals surface area contributed by atoms with Crippen molar-refractivity contribution in [1.82, 2.24) is 10.2 Å². The summed E-state index contributed by atoms with van der Waals surface area (Å²) in [6, 6.07) is 6.30. The summed E-state index contributed by atoms with van der Waals surface area (Å²) in [6.45, 7) is 1.65. The first-order valence-electron chi connectivity index (χ1n) is 9.58. The first-order valence-corrected chi connectivity index (χ1v) is 9.58. The van der Waals surface area contributed by atoms with Crippen LogP contribution in [0.1, 0.15) is 42.5 Å². The van der Waals surface area contributed by atoms with Gasteiger partial charge in [0.1, 0.15) is 6.04 Å². The summed E-state index contributed by atoms with van der Waals surface area (Å²) in [5.74, 6) is -0.0148. The van der Waals surface area contributed by atoms with Crippen LogP contribution in [-0.4, -0.2) is 55.5 Å². The summed E-state index contributed by atoms with van der Waals surface area (Å²) in [5.41, 5.74) is 1.03. The van der Waals surface area contributed by atoms with Gasteiger partial charge in [-0.3, -0.25) is 9.59 Å². The molecular weight excluding hydrogens is 346 g/mol. The van der Waals surface area contributed by atoms with Gasteiger partial charge in [0, 0.05) is 17.8 Å². The van der Waals surface area contributed by atoms with E-state index in [0.29, 0.717) is 30.1 Å². The molecule has 2 amide bonds. The molecule has 1 aliphatic carbocycles. The van der Waals surface area contributed by atoms with Crippen molar-refractivity contribution >= 4 is 23.5 Å². The lowest BCUT2D eigenvalue weighted by molar-refractivity contribution is -0.147. The van der Waals surface area contributed by atoms with Crippen LogP contribution < -0.4 is 10.6 Å². The summed E-state index contributed by atoms with van der Waals surface area (Å²) in [6.07, 6.45) is 4.85. The molecule has 0 radical (unpaired) electrons. The van der Waals surface area contributed by atoms with E-state index >= 15 is 0 Å². The molecule has 7 nitrogen and oxygen atoms in total. The van der Waals surface area contributed by atoms with E-state index in [0.717, 1.165) is 19.4 Å². The SMILES string of the molecule is COC(=O)C1CCCCN1C(=O)c1cccc(NC(=O)CNCC2CC2)c1. The lowest BCUT2D eigenvalue weighted by Crippen LogP contribution is -2.48. The zero-order valence-electron chi connectivity index (χ0n) is 15.7. The van der Waals surface area contributed by atoms with Crippen molar-refractivity contribution < 1.29 is 19.1 Å². The van der Waals surface area contributed by atoms with E-state index in [2.05, 4.69) is 10.6 Å². The van der Waals surface area contributed by atoms with Crippen LogP contribution >= 0.6 is 0 Å². The maximum atomic E-state index is 12.9. The largest absolute Gasteiger partial charge is 0.467 e. The molecule has 1 unspecified atom stereocenters. The van der Waals surface area contributed by atoms with Gasteiger partial charge < -0.3 is 20.3 Å². The number of nitrogens with zero attached hydrogens (tertiary/aromatic N) is 1. The van der Waals surface area contributed by atoms with E-state index in [-0.39, 0.29) is 24.3 Å². The van der Waals surface area contributed by atoms with Gasteiger partial charge >= 0.3 is 5.97 Å². The molecule has 2 N–H and O–H groups in total. The number of esters is 1. The molecule has 0 aromatic heterocycles. The number of hydrogen-bond acceptors (Lipinski definition) is 5. The Hall–Kier alpha value is -2.41. The summed E-state index contributed by atoms with van der Waals surface area (Å²) >= 11 is 0. The Morgan fingerprint density at radius 2 is 2.00 bits per heavy atom. The highest BCUT2D eigenvalue weighted by molar-refractivity contribution is 5.99. The fourth-order valence-electron chi connectivity index (χ4n) is 3.37. The van der Waals surface area contributed by atoms with Crippen LogP contribution in [0.5, 0.6) is 0 Å². The molecule has 2 aliphatic rings. The number of methoxy groups -OCH3 is 1. The number of anilines is 1. The average molecular weight is 373 g/mol. The number of hydrogen-bond donors (Lipinski definition) is 2. The molecule has 1 aromatic carbocycles. The van der Waals surface area contributed by atoms with Gasteiger partial charge in [0.15, 0.2) is 0 Å². The number of rotatable bonds is 7. The quantitative estimate of drug-likeness (QED) is 0.712. The van der Waals surface area contributed by atoms with Gasteiger partial charge in [-0.2, -0.15) is 0 Å². The third-order valence-corrected chi connectivity index (χ3v) is 5.05. The minimum Gasteiger partial charge on any atom is -0.467 e. The fourth-order valence-corrected chi connectivity index (χ4v) is 3.37. The summed E-state index contributed by atoms with van der Waals surface area (Å²) in [7, 11) is 1.34. The molecule has 1 atom stereocenters. The number of carbonyl (C=O) groups is 3. The highest BCUT2D eigenvalue weighted by Gasteiger charge is 2.33. The topological polar surface area (TPSA) is 87.7 Å². The maximum Gasteiger partial charge on any atom is 0.328 e. The van der Waals surface area contributed by atoms with Crippen LogP contribution in [0.2, 0.25) is 0 Å². The monoisotopic (exact) mass is 373 g/mol. The predicted molar refractivity (Wildman–Crippen MR) is 101 cm³/mol. The first kappa shape index (κ1) is 19.4. The molecule has 1 aliphatic heterocycles. The van der Waals surface area contributed by atoms with E-state index in [4.69, 9.17) is 4.74 Å². The summed E-state index contributed by atoms with van der Waals surface area (Å²) < 4.78 is 4.84.